The van der Waals surface area contributed by atoms with E-state index in [1.807, 2.05) is 2.38 Å². The summed E-state index contributed by atoms with van der Waals surface area (Å²) in [7, 11) is 0. The molecule has 0 bridgehead atoms. The van der Waals surface area contributed by atoms with E-state index in [-0.39, 0.29) is 0 Å². The van der Waals surface area contributed by atoms with Crippen LogP contribution in [0.4, 0.5) is 10.6 Å². The molecular formula is C10H12N5O2Tl. The zero-order valence-electron chi connectivity index (χ0n) is 10.3. The van der Waals surface area contributed by atoms with E-state index in [2.05, 4.69) is 20.3 Å². The summed E-state index contributed by atoms with van der Waals surface area (Å²) in [5.41, 5.74) is 0.751. The second-order valence-corrected chi connectivity index (χ2v) is 6.84. The second kappa shape index (κ2) is 4.78. The topological polar surface area (TPSA) is 81.9 Å². The van der Waals surface area contributed by atoms with Gasteiger partial charge in [0.05, 0.1) is 0 Å². The van der Waals surface area contributed by atoms with Crippen molar-refractivity contribution in [3.63, 3.8) is 0 Å². The van der Waals surface area contributed by atoms with Crippen LogP contribution in [0, 0.1) is 0 Å². The minimum absolute atomic E-state index is 0.369. The predicted octanol–water partition coefficient (Wildman–Crippen LogP) is 1.10. The van der Waals surface area contributed by atoms with E-state index in [4.69, 9.17) is 4.74 Å². The normalized spacial score (nSPS) is 11.4. The van der Waals surface area contributed by atoms with Gasteiger partial charge in [0.2, 0.25) is 0 Å². The third-order valence-electron chi connectivity index (χ3n) is 1.98. The Bertz CT molecular complexity index is 589. The van der Waals surface area contributed by atoms with E-state index in [1.165, 1.54) is 6.33 Å². The van der Waals surface area contributed by atoms with E-state index in [1.54, 1.807) is 27.1 Å². The van der Waals surface area contributed by atoms with Gasteiger partial charge in [-0.2, -0.15) is 0 Å². The molecule has 92 valence electrons. The van der Waals surface area contributed by atoms with Crippen molar-refractivity contribution >= 4 is 49.1 Å². The molecule has 0 aliphatic carbocycles. The number of imidazole rings is 1. The van der Waals surface area contributed by atoms with E-state index < -0.39 is 11.7 Å². The number of hydrogen-bond donors (Lipinski definition) is 1. The molecule has 0 aromatic carbocycles. The molecule has 0 atom stereocenters. The van der Waals surface area contributed by atoms with Gasteiger partial charge in [0.25, 0.3) is 0 Å². The Morgan fingerprint density at radius 3 is 2.78 bits per heavy atom. The van der Waals surface area contributed by atoms with Crippen LogP contribution in [-0.4, -0.2) is 55.1 Å². The van der Waals surface area contributed by atoms with Crippen molar-refractivity contribution in [1.82, 2.24) is 17.3 Å². The molecular weight excluding hydrogens is 427 g/mol. The molecule has 2 heterocycles. The third-order valence-corrected chi connectivity index (χ3v) is 3.45. The van der Waals surface area contributed by atoms with Gasteiger partial charge in [-0.3, -0.25) is 0 Å². The molecule has 1 amide bonds. The van der Waals surface area contributed by atoms with Crippen LogP contribution >= 0.6 is 0 Å². The summed E-state index contributed by atoms with van der Waals surface area (Å²) in [5.74, 6) is 0.369. The summed E-state index contributed by atoms with van der Waals surface area (Å²) in [5, 5.41) is 2.59. The van der Waals surface area contributed by atoms with Crippen LogP contribution in [0.3, 0.4) is 0 Å². The fourth-order valence-electron chi connectivity index (χ4n) is 1.34. The van der Waals surface area contributed by atoms with Gasteiger partial charge in [0.1, 0.15) is 0 Å². The number of nitrogens with one attached hydrogen (secondary N) is 1. The predicted molar refractivity (Wildman–Crippen MR) is 66.3 cm³/mol. The first-order valence-corrected chi connectivity index (χ1v) is 7.31. The Kier molecular flexibility index (Phi) is 3.50. The molecule has 0 saturated heterocycles. The van der Waals surface area contributed by atoms with Gasteiger partial charge in [-0.05, 0) is 0 Å². The van der Waals surface area contributed by atoms with E-state index >= 15 is 0 Å². The Morgan fingerprint density at radius 2 is 2.11 bits per heavy atom. The van der Waals surface area contributed by atoms with Crippen molar-refractivity contribution in [2.75, 3.05) is 5.32 Å². The molecule has 0 aliphatic rings. The zero-order valence-corrected chi connectivity index (χ0v) is 14.8. The van der Waals surface area contributed by atoms with Gasteiger partial charge in [-0.25, -0.2) is 0 Å². The fraction of sp³-hybridized carbons (Fsp3) is 0.400. The van der Waals surface area contributed by atoms with Crippen molar-refractivity contribution in [1.29, 1.82) is 0 Å². The Balaban J connectivity index is 2.24. The molecule has 0 aliphatic heterocycles. The number of amides is 1. The molecule has 2 aromatic heterocycles. The number of hydrogen-bond acceptors (Lipinski definition) is 5. The number of anilines is 1. The number of aromatic nitrogens is 4. The summed E-state index contributed by atoms with van der Waals surface area (Å²) in [6, 6.07) is 0. The van der Waals surface area contributed by atoms with Gasteiger partial charge in [-0.1, -0.05) is 0 Å². The van der Waals surface area contributed by atoms with Gasteiger partial charge >= 0.3 is 120 Å². The Morgan fingerprint density at radius 1 is 1.39 bits per heavy atom. The first-order chi connectivity index (χ1) is 8.37. The van der Waals surface area contributed by atoms with Crippen LogP contribution in [0.5, 0.6) is 0 Å². The van der Waals surface area contributed by atoms with E-state index in [0.717, 1.165) is 5.65 Å². The van der Waals surface area contributed by atoms with Crippen molar-refractivity contribution in [2.24, 2.45) is 0 Å². The molecule has 0 unspecified atom stereocenters. The molecule has 8 heteroatoms. The maximum atomic E-state index is 11.7. The van der Waals surface area contributed by atoms with Gasteiger partial charge in [-0.15, -0.1) is 0 Å². The number of carbonyl (C=O) groups excluding carboxylic acids is 1. The first kappa shape index (κ1) is 13.2. The van der Waals surface area contributed by atoms with Crippen LogP contribution in [-0.2, 0) is 4.74 Å². The summed E-state index contributed by atoms with van der Waals surface area (Å²) in [6.45, 7) is 5.40. The molecule has 1 N–H and O–H groups in total. The van der Waals surface area contributed by atoms with Crippen molar-refractivity contribution < 1.29 is 9.53 Å². The van der Waals surface area contributed by atoms with Crippen LogP contribution in [0.25, 0.3) is 11.2 Å². The number of carbonyl (C=O) groups is 1. The number of rotatable bonds is 1. The molecule has 0 radical (unpaired) electrons. The molecule has 7 nitrogen and oxygen atoms in total. The average Bonchev–Trinajstić information content (AvgIpc) is 2.59. The van der Waals surface area contributed by atoms with Crippen molar-refractivity contribution in [3.05, 3.63) is 12.7 Å². The summed E-state index contributed by atoms with van der Waals surface area (Å²) < 4.78 is 7.08. The minimum atomic E-state index is -0.548. The molecule has 0 spiro atoms. The molecule has 0 fully saturated rings. The van der Waals surface area contributed by atoms with Gasteiger partial charge < -0.3 is 0 Å². The van der Waals surface area contributed by atoms with E-state index in [9.17, 15) is 4.79 Å². The number of ether oxygens (including phenoxy) is 1. The van der Waals surface area contributed by atoms with Crippen molar-refractivity contribution in [2.45, 2.75) is 26.4 Å². The van der Waals surface area contributed by atoms with Crippen LogP contribution in [0.15, 0.2) is 12.7 Å². The molecule has 0 saturated carbocycles. The van der Waals surface area contributed by atoms with Crippen LogP contribution < -0.4 is 5.32 Å². The Hall–Kier alpha value is -1.26. The summed E-state index contributed by atoms with van der Waals surface area (Å²) >= 11 is 0.560. The number of fused-ring (bicyclic) bond motifs is 1. The third kappa shape index (κ3) is 2.95. The first-order valence-electron chi connectivity index (χ1n) is 5.30. The summed E-state index contributed by atoms with van der Waals surface area (Å²) in [4.78, 5) is 24.0. The standard InChI is InChI=1S/C10H13N5O2.Tl/c1-10(2,3)17-9(16)15-8-6-7(12-4-11-6)13-5-14-8;/h4-5H,1-3H3,(H2,11,12,13,14,15,16);/q;+1/p-1. The zero-order chi connectivity index (χ0) is 13.3. The van der Waals surface area contributed by atoms with E-state index in [0.29, 0.717) is 37.4 Å². The molecule has 2 aromatic rings. The van der Waals surface area contributed by atoms with Gasteiger partial charge in [0.15, 0.2) is 0 Å². The average molecular weight is 439 g/mol. The number of nitrogens with zero attached hydrogens (tertiary/aromatic N) is 4. The van der Waals surface area contributed by atoms with Crippen LogP contribution in [0.2, 0.25) is 0 Å². The SMILES string of the molecule is CC(C)(C)OC(=O)Nc1ncnc2c1nc[n]2[Tl]. The quantitative estimate of drug-likeness (QED) is 0.675. The monoisotopic (exact) mass is 439 g/mol. The second-order valence-electron chi connectivity index (χ2n) is 4.67. The molecule has 18 heavy (non-hydrogen) atoms. The van der Waals surface area contributed by atoms with Gasteiger partial charge in [0, 0.05) is 0 Å². The maximum absolute atomic E-state index is 11.7. The fourth-order valence-corrected chi connectivity index (χ4v) is 2.34. The summed E-state index contributed by atoms with van der Waals surface area (Å²) in [6.07, 6.45) is 2.53. The molecule has 2 rings (SSSR count). The Labute approximate surface area is 120 Å². The van der Waals surface area contributed by atoms with Crippen molar-refractivity contribution in [3.8, 4) is 0 Å². The van der Waals surface area contributed by atoms with Crippen LogP contribution in [0.1, 0.15) is 20.8 Å².